The number of morpholine rings is 1. The van der Waals surface area contributed by atoms with E-state index >= 15 is 0 Å². The molecule has 1 saturated heterocycles. The fourth-order valence-corrected chi connectivity index (χ4v) is 4.07. The predicted octanol–water partition coefficient (Wildman–Crippen LogP) is 3.43. The molecule has 3 atom stereocenters. The largest absolute Gasteiger partial charge is 0.470 e. The van der Waals surface area contributed by atoms with Crippen LogP contribution in [0.2, 0.25) is 0 Å². The molecule has 0 unspecified atom stereocenters. The van der Waals surface area contributed by atoms with Gasteiger partial charge in [0.15, 0.2) is 11.3 Å². The van der Waals surface area contributed by atoms with Crippen LogP contribution >= 0.6 is 0 Å². The van der Waals surface area contributed by atoms with Gasteiger partial charge >= 0.3 is 6.18 Å². The molecule has 0 spiro atoms. The summed E-state index contributed by atoms with van der Waals surface area (Å²) in [5.74, 6) is -0.0545. The smallest absolute Gasteiger partial charge is 0.433 e. The van der Waals surface area contributed by atoms with Crippen LogP contribution in [0.1, 0.15) is 54.3 Å². The lowest BCUT2D eigenvalue weighted by atomic mass is 10.1. The van der Waals surface area contributed by atoms with Crippen molar-refractivity contribution in [3.05, 3.63) is 57.4 Å². The van der Waals surface area contributed by atoms with Gasteiger partial charge in [-0.05, 0) is 39.8 Å². The SMILES string of the molecule is Cc1nc2nc(C(F)(F)F)c([C@H](C)Oc3ccc(C(=O)N4C[C@@H](C)O[C@@H](C)C4)cn3)cc2c(=O)[nH]1. The Morgan fingerprint density at radius 3 is 2.51 bits per heavy atom. The molecule has 0 aliphatic carbocycles. The van der Waals surface area contributed by atoms with Crippen LogP contribution in [0.15, 0.2) is 29.2 Å². The van der Waals surface area contributed by atoms with Crippen molar-refractivity contribution >= 4 is 16.9 Å². The van der Waals surface area contributed by atoms with Crippen LogP contribution < -0.4 is 10.3 Å². The Balaban J connectivity index is 1.59. The molecular weight excluding hydrogens is 467 g/mol. The molecule has 1 aliphatic heterocycles. The first kappa shape index (κ1) is 24.6. The molecule has 9 nitrogen and oxygen atoms in total. The van der Waals surface area contributed by atoms with Crippen molar-refractivity contribution in [2.75, 3.05) is 13.1 Å². The van der Waals surface area contributed by atoms with Gasteiger partial charge in [0.2, 0.25) is 5.88 Å². The Morgan fingerprint density at radius 2 is 1.91 bits per heavy atom. The predicted molar refractivity (Wildman–Crippen MR) is 119 cm³/mol. The van der Waals surface area contributed by atoms with Gasteiger partial charge in [0, 0.05) is 30.9 Å². The van der Waals surface area contributed by atoms with Crippen molar-refractivity contribution in [2.45, 2.75) is 52.2 Å². The summed E-state index contributed by atoms with van der Waals surface area (Å²) in [5, 5.41) is -0.0862. The Bertz CT molecular complexity index is 1300. The molecule has 186 valence electrons. The minimum absolute atomic E-state index is 0.0157. The number of nitrogens with zero attached hydrogens (tertiary/aromatic N) is 4. The number of H-pyrrole nitrogens is 1. The fraction of sp³-hybridized carbons (Fsp3) is 0.435. The average molecular weight is 491 g/mol. The van der Waals surface area contributed by atoms with E-state index in [1.165, 1.54) is 32.2 Å². The van der Waals surface area contributed by atoms with Gasteiger partial charge in [-0.3, -0.25) is 9.59 Å². The Hall–Kier alpha value is -3.54. The number of halogens is 3. The number of aromatic nitrogens is 4. The minimum atomic E-state index is -4.80. The summed E-state index contributed by atoms with van der Waals surface area (Å²) in [6.07, 6.45) is -4.82. The summed E-state index contributed by atoms with van der Waals surface area (Å²) in [5.41, 5.74) is -2.11. The third-order valence-corrected chi connectivity index (χ3v) is 5.54. The number of aromatic amines is 1. The first-order chi connectivity index (χ1) is 16.4. The average Bonchev–Trinajstić information content (AvgIpc) is 2.77. The van der Waals surface area contributed by atoms with Gasteiger partial charge in [0.1, 0.15) is 11.9 Å². The number of rotatable bonds is 4. The van der Waals surface area contributed by atoms with Crippen molar-refractivity contribution in [1.82, 2.24) is 24.8 Å². The zero-order valence-corrected chi connectivity index (χ0v) is 19.5. The second-order valence-corrected chi connectivity index (χ2v) is 8.56. The molecule has 1 amide bonds. The quantitative estimate of drug-likeness (QED) is 0.595. The van der Waals surface area contributed by atoms with E-state index in [2.05, 4.69) is 19.9 Å². The van der Waals surface area contributed by atoms with Gasteiger partial charge in [-0.25, -0.2) is 15.0 Å². The molecule has 12 heteroatoms. The Morgan fingerprint density at radius 1 is 1.23 bits per heavy atom. The maximum Gasteiger partial charge on any atom is 0.433 e. The number of carbonyl (C=O) groups excluding carboxylic acids is 1. The van der Waals surface area contributed by atoms with Gasteiger partial charge in [0.05, 0.1) is 23.2 Å². The Kier molecular flexibility index (Phi) is 6.50. The molecule has 0 radical (unpaired) electrons. The van der Waals surface area contributed by atoms with Crippen molar-refractivity contribution in [3.63, 3.8) is 0 Å². The van der Waals surface area contributed by atoms with E-state index in [0.717, 1.165) is 6.07 Å². The van der Waals surface area contributed by atoms with Crippen LogP contribution in [-0.2, 0) is 10.9 Å². The number of pyridine rings is 2. The van der Waals surface area contributed by atoms with Gasteiger partial charge in [0.25, 0.3) is 11.5 Å². The number of amides is 1. The third-order valence-electron chi connectivity index (χ3n) is 5.54. The number of hydrogen-bond acceptors (Lipinski definition) is 7. The lowest BCUT2D eigenvalue weighted by molar-refractivity contribution is -0.142. The lowest BCUT2D eigenvalue weighted by Crippen LogP contribution is -2.48. The van der Waals surface area contributed by atoms with E-state index in [1.807, 2.05) is 13.8 Å². The molecular formula is C23H24F3N5O4. The van der Waals surface area contributed by atoms with Crippen LogP contribution in [-0.4, -0.2) is 56.0 Å². The second-order valence-electron chi connectivity index (χ2n) is 8.56. The molecule has 35 heavy (non-hydrogen) atoms. The zero-order chi connectivity index (χ0) is 25.5. The summed E-state index contributed by atoms with van der Waals surface area (Å²) in [4.78, 5) is 40.8. The molecule has 4 heterocycles. The van der Waals surface area contributed by atoms with Crippen molar-refractivity contribution in [2.24, 2.45) is 0 Å². The van der Waals surface area contributed by atoms with E-state index in [1.54, 1.807) is 4.90 Å². The van der Waals surface area contributed by atoms with E-state index in [-0.39, 0.29) is 46.4 Å². The van der Waals surface area contributed by atoms with Crippen LogP contribution in [0, 0.1) is 6.92 Å². The standard InChI is InChI=1S/C23H24F3N5O4/c1-11-9-31(10-12(2)34-11)22(33)15-5-6-18(27-8-15)35-13(3)16-7-17-20(28-14(4)29-21(17)32)30-19(16)23(24,25)26/h5-8,11-13H,9-10H2,1-4H3,(H,28,29,30,32)/t11-,12+,13-/m0/s1. The second kappa shape index (κ2) is 9.25. The van der Waals surface area contributed by atoms with Gasteiger partial charge in [-0.15, -0.1) is 0 Å². The Labute approximate surface area is 198 Å². The molecule has 0 aromatic carbocycles. The number of fused-ring (bicyclic) bond motifs is 1. The van der Waals surface area contributed by atoms with E-state index in [9.17, 15) is 22.8 Å². The monoisotopic (exact) mass is 491 g/mol. The molecule has 3 aromatic rings. The van der Waals surface area contributed by atoms with Crippen molar-refractivity contribution in [1.29, 1.82) is 0 Å². The number of hydrogen-bond donors (Lipinski definition) is 1. The van der Waals surface area contributed by atoms with E-state index in [0.29, 0.717) is 18.7 Å². The molecule has 4 rings (SSSR count). The highest BCUT2D eigenvalue weighted by molar-refractivity contribution is 5.94. The molecule has 1 N–H and O–H groups in total. The number of ether oxygens (including phenoxy) is 2. The van der Waals surface area contributed by atoms with Gasteiger partial charge in [-0.1, -0.05) is 0 Å². The first-order valence-electron chi connectivity index (χ1n) is 11.0. The normalized spacial score (nSPS) is 19.6. The number of alkyl halides is 3. The summed E-state index contributed by atoms with van der Waals surface area (Å²) in [7, 11) is 0. The summed E-state index contributed by atoms with van der Waals surface area (Å²) in [6, 6.07) is 4.00. The number of carbonyl (C=O) groups is 1. The summed E-state index contributed by atoms with van der Waals surface area (Å²) >= 11 is 0. The third kappa shape index (κ3) is 5.26. The highest BCUT2D eigenvalue weighted by atomic mass is 19.4. The highest BCUT2D eigenvalue weighted by Crippen LogP contribution is 2.35. The molecule has 0 bridgehead atoms. The zero-order valence-electron chi connectivity index (χ0n) is 19.5. The first-order valence-corrected chi connectivity index (χ1v) is 11.0. The molecule has 1 fully saturated rings. The van der Waals surface area contributed by atoms with E-state index < -0.39 is 23.5 Å². The summed E-state index contributed by atoms with van der Waals surface area (Å²) in [6.45, 7) is 7.51. The maximum absolute atomic E-state index is 13.8. The number of aryl methyl sites for hydroxylation is 1. The lowest BCUT2D eigenvalue weighted by Gasteiger charge is -2.35. The van der Waals surface area contributed by atoms with Crippen LogP contribution in [0.4, 0.5) is 13.2 Å². The molecule has 1 aliphatic rings. The fourth-order valence-electron chi connectivity index (χ4n) is 4.07. The van der Waals surface area contributed by atoms with Crippen LogP contribution in [0.5, 0.6) is 5.88 Å². The van der Waals surface area contributed by atoms with Crippen molar-refractivity contribution in [3.8, 4) is 5.88 Å². The molecule has 3 aromatic heterocycles. The van der Waals surface area contributed by atoms with Gasteiger partial charge < -0.3 is 19.4 Å². The highest BCUT2D eigenvalue weighted by Gasteiger charge is 2.38. The van der Waals surface area contributed by atoms with E-state index in [4.69, 9.17) is 9.47 Å². The topological polar surface area (TPSA) is 110 Å². The minimum Gasteiger partial charge on any atom is -0.470 e. The number of nitrogens with one attached hydrogen (secondary N) is 1. The van der Waals surface area contributed by atoms with Crippen LogP contribution in [0.25, 0.3) is 11.0 Å². The van der Waals surface area contributed by atoms with Crippen molar-refractivity contribution < 1.29 is 27.4 Å². The van der Waals surface area contributed by atoms with Gasteiger partial charge in [-0.2, -0.15) is 13.2 Å². The molecule has 0 saturated carbocycles. The maximum atomic E-state index is 13.8. The summed E-state index contributed by atoms with van der Waals surface area (Å²) < 4.78 is 52.5. The van der Waals surface area contributed by atoms with Crippen LogP contribution in [0.3, 0.4) is 0 Å².